The number of benzene rings is 2. The number of hydrogen-bond acceptors (Lipinski definition) is 5. The van der Waals surface area contributed by atoms with E-state index in [0.29, 0.717) is 24.5 Å². The van der Waals surface area contributed by atoms with Crippen molar-refractivity contribution in [1.29, 1.82) is 0 Å². The van der Waals surface area contributed by atoms with E-state index in [1.54, 1.807) is 30.3 Å². The van der Waals surface area contributed by atoms with Gasteiger partial charge >= 0.3 is 5.97 Å². The molecule has 1 atom stereocenters. The van der Waals surface area contributed by atoms with E-state index in [-0.39, 0.29) is 5.76 Å². The first-order valence-corrected chi connectivity index (χ1v) is 9.37. The molecule has 1 N–H and O–H groups in total. The smallest absolute Gasteiger partial charge is 0.375 e. The highest BCUT2D eigenvalue weighted by Crippen LogP contribution is 2.23. The van der Waals surface area contributed by atoms with Crippen LogP contribution >= 0.6 is 0 Å². The second-order valence-electron chi connectivity index (χ2n) is 6.47. The van der Waals surface area contributed by atoms with Gasteiger partial charge in [-0.05, 0) is 43.7 Å². The van der Waals surface area contributed by atoms with Crippen LogP contribution in [0.1, 0.15) is 40.3 Å². The van der Waals surface area contributed by atoms with E-state index in [2.05, 4.69) is 5.32 Å². The molecule has 0 radical (unpaired) electrons. The van der Waals surface area contributed by atoms with Gasteiger partial charge in [-0.15, -0.1) is 0 Å². The van der Waals surface area contributed by atoms with Gasteiger partial charge in [0.25, 0.3) is 5.91 Å². The molecule has 29 heavy (non-hydrogen) atoms. The third-order valence-electron chi connectivity index (χ3n) is 4.27. The van der Waals surface area contributed by atoms with Crippen molar-refractivity contribution >= 4 is 11.9 Å². The lowest BCUT2D eigenvalue weighted by molar-refractivity contribution is -0.130. The van der Waals surface area contributed by atoms with Crippen LogP contribution in [-0.2, 0) is 16.1 Å². The molecule has 6 heteroatoms. The van der Waals surface area contributed by atoms with Gasteiger partial charge in [0.15, 0.2) is 0 Å². The zero-order chi connectivity index (χ0) is 20.6. The molecule has 1 aromatic heterocycles. The van der Waals surface area contributed by atoms with Crippen molar-refractivity contribution in [2.75, 3.05) is 6.61 Å². The molecule has 0 spiro atoms. The van der Waals surface area contributed by atoms with E-state index >= 15 is 0 Å². The Morgan fingerprint density at radius 3 is 2.38 bits per heavy atom. The second-order valence-corrected chi connectivity index (χ2v) is 6.47. The highest BCUT2D eigenvalue weighted by atomic mass is 16.6. The zero-order valence-corrected chi connectivity index (χ0v) is 16.4. The number of carbonyl (C=O) groups is 2. The Labute approximate surface area is 169 Å². The predicted molar refractivity (Wildman–Crippen MR) is 108 cm³/mol. The standard InChI is InChI=1S/C23H23NO5/c1-3-27-19-12-10-18(11-13-19)21(29-23(26)20-5-4-14-28-20)22(25)24-15-17-8-6-16(2)7-9-17/h4-14,21H,3,15H2,1-2H3,(H,24,25)/t21-/m0/s1. The van der Waals surface area contributed by atoms with Crippen LogP contribution in [0.4, 0.5) is 0 Å². The van der Waals surface area contributed by atoms with Gasteiger partial charge in [-0.3, -0.25) is 4.79 Å². The Balaban J connectivity index is 1.76. The number of furan rings is 1. The molecule has 3 aromatic rings. The minimum Gasteiger partial charge on any atom is -0.494 e. The molecule has 0 fully saturated rings. The molecule has 0 aliphatic rings. The van der Waals surface area contributed by atoms with E-state index in [1.165, 1.54) is 12.3 Å². The molecular formula is C23H23NO5. The van der Waals surface area contributed by atoms with Crippen LogP contribution in [0.2, 0.25) is 0 Å². The number of nitrogens with one attached hydrogen (secondary N) is 1. The maximum atomic E-state index is 12.8. The van der Waals surface area contributed by atoms with Crippen molar-refractivity contribution in [2.24, 2.45) is 0 Å². The van der Waals surface area contributed by atoms with Crippen molar-refractivity contribution in [3.63, 3.8) is 0 Å². The maximum absolute atomic E-state index is 12.8. The Hall–Kier alpha value is -3.54. The van der Waals surface area contributed by atoms with E-state index in [1.807, 2.05) is 38.1 Å². The highest BCUT2D eigenvalue weighted by Gasteiger charge is 2.26. The third-order valence-corrected chi connectivity index (χ3v) is 4.27. The summed E-state index contributed by atoms with van der Waals surface area (Å²) in [4.78, 5) is 25.2. The number of ether oxygens (including phenoxy) is 2. The monoisotopic (exact) mass is 393 g/mol. The lowest BCUT2D eigenvalue weighted by Gasteiger charge is -2.18. The molecule has 0 saturated carbocycles. The molecule has 6 nitrogen and oxygen atoms in total. The normalized spacial score (nSPS) is 11.5. The number of carbonyl (C=O) groups excluding carboxylic acids is 2. The van der Waals surface area contributed by atoms with Crippen LogP contribution in [0.3, 0.4) is 0 Å². The molecule has 0 aliphatic heterocycles. The van der Waals surface area contributed by atoms with Gasteiger partial charge in [-0.1, -0.05) is 42.0 Å². The molecule has 1 amide bonds. The van der Waals surface area contributed by atoms with Crippen molar-refractivity contribution < 1.29 is 23.5 Å². The van der Waals surface area contributed by atoms with Crippen molar-refractivity contribution in [3.8, 4) is 5.75 Å². The van der Waals surface area contributed by atoms with E-state index in [4.69, 9.17) is 13.9 Å². The predicted octanol–water partition coefficient (Wildman–Crippen LogP) is 4.20. The summed E-state index contributed by atoms with van der Waals surface area (Å²) in [6, 6.07) is 17.8. The fourth-order valence-electron chi connectivity index (χ4n) is 2.73. The SMILES string of the molecule is CCOc1ccc([C@H](OC(=O)c2ccco2)C(=O)NCc2ccc(C)cc2)cc1. The van der Waals surface area contributed by atoms with Gasteiger partial charge in [0.2, 0.25) is 11.9 Å². The lowest BCUT2D eigenvalue weighted by Crippen LogP contribution is -2.31. The largest absolute Gasteiger partial charge is 0.494 e. The lowest BCUT2D eigenvalue weighted by atomic mass is 10.1. The number of amides is 1. The Kier molecular flexibility index (Phi) is 6.68. The zero-order valence-electron chi connectivity index (χ0n) is 16.4. The maximum Gasteiger partial charge on any atom is 0.375 e. The summed E-state index contributed by atoms with van der Waals surface area (Å²) in [5.74, 6) is -0.422. The number of aryl methyl sites for hydroxylation is 1. The summed E-state index contributed by atoms with van der Waals surface area (Å²) in [5, 5.41) is 2.83. The van der Waals surface area contributed by atoms with E-state index in [9.17, 15) is 9.59 Å². The van der Waals surface area contributed by atoms with Gasteiger partial charge in [0.05, 0.1) is 12.9 Å². The number of esters is 1. The molecule has 2 aromatic carbocycles. The molecular weight excluding hydrogens is 370 g/mol. The van der Waals surface area contributed by atoms with Crippen LogP contribution in [0.25, 0.3) is 0 Å². The molecule has 3 rings (SSSR count). The molecule has 0 unspecified atom stereocenters. The van der Waals surface area contributed by atoms with Gasteiger partial charge in [0, 0.05) is 12.1 Å². The first-order valence-electron chi connectivity index (χ1n) is 9.37. The average Bonchev–Trinajstić information content (AvgIpc) is 3.27. The van der Waals surface area contributed by atoms with Crippen LogP contribution in [-0.4, -0.2) is 18.5 Å². The first-order chi connectivity index (χ1) is 14.1. The number of hydrogen-bond donors (Lipinski definition) is 1. The highest BCUT2D eigenvalue weighted by molar-refractivity contribution is 5.90. The molecule has 0 aliphatic carbocycles. The summed E-state index contributed by atoms with van der Waals surface area (Å²) in [6.45, 7) is 4.75. The Bertz CT molecular complexity index is 930. The summed E-state index contributed by atoms with van der Waals surface area (Å²) < 4.78 is 16.0. The summed E-state index contributed by atoms with van der Waals surface area (Å²) in [6.07, 6.45) is 0.258. The Morgan fingerprint density at radius 2 is 1.76 bits per heavy atom. The summed E-state index contributed by atoms with van der Waals surface area (Å²) in [7, 11) is 0. The van der Waals surface area contributed by atoms with Crippen LogP contribution < -0.4 is 10.1 Å². The molecule has 150 valence electrons. The summed E-state index contributed by atoms with van der Waals surface area (Å²) in [5.41, 5.74) is 2.63. The minimum atomic E-state index is -1.12. The Morgan fingerprint density at radius 1 is 1.03 bits per heavy atom. The average molecular weight is 393 g/mol. The fraction of sp³-hybridized carbons (Fsp3) is 0.217. The van der Waals surface area contributed by atoms with Gasteiger partial charge in [-0.25, -0.2) is 4.79 Å². The third kappa shape index (κ3) is 5.48. The topological polar surface area (TPSA) is 77.8 Å². The molecule has 0 bridgehead atoms. The van der Waals surface area contributed by atoms with Gasteiger partial charge < -0.3 is 19.2 Å². The minimum absolute atomic E-state index is 0.0345. The molecule has 1 heterocycles. The van der Waals surface area contributed by atoms with Gasteiger partial charge in [0.1, 0.15) is 5.75 Å². The number of rotatable bonds is 8. The van der Waals surface area contributed by atoms with Crippen molar-refractivity contribution in [1.82, 2.24) is 5.32 Å². The van der Waals surface area contributed by atoms with Crippen molar-refractivity contribution in [3.05, 3.63) is 89.4 Å². The summed E-state index contributed by atoms with van der Waals surface area (Å²) >= 11 is 0. The van der Waals surface area contributed by atoms with Crippen LogP contribution in [0, 0.1) is 6.92 Å². The van der Waals surface area contributed by atoms with Crippen LogP contribution in [0.5, 0.6) is 5.75 Å². The van der Waals surface area contributed by atoms with Crippen molar-refractivity contribution in [2.45, 2.75) is 26.5 Å². The van der Waals surface area contributed by atoms with E-state index < -0.39 is 18.0 Å². The van der Waals surface area contributed by atoms with Gasteiger partial charge in [-0.2, -0.15) is 0 Å². The molecule has 0 saturated heterocycles. The van der Waals surface area contributed by atoms with Crippen LogP contribution in [0.15, 0.2) is 71.3 Å². The fourth-order valence-corrected chi connectivity index (χ4v) is 2.73. The second kappa shape index (κ2) is 9.59. The first kappa shape index (κ1) is 20.2. The van der Waals surface area contributed by atoms with E-state index in [0.717, 1.165) is 11.1 Å². The quantitative estimate of drug-likeness (QED) is 0.580.